The molecule has 1 amide bonds. The van der Waals surface area contributed by atoms with Crippen LogP contribution in [0.1, 0.15) is 12.0 Å². The van der Waals surface area contributed by atoms with E-state index in [0.29, 0.717) is 18.5 Å². The monoisotopic (exact) mass is 249 g/mol. The topological polar surface area (TPSA) is 29.5 Å². The molecule has 1 aromatic carbocycles. The summed E-state index contributed by atoms with van der Waals surface area (Å²) in [6.45, 7) is 4.37. The molecule has 0 aromatic heterocycles. The fourth-order valence-electron chi connectivity index (χ4n) is 1.83. The van der Waals surface area contributed by atoms with Gasteiger partial charge in [0.1, 0.15) is 12.8 Å². The smallest absolute Gasteiger partial charge is 0.410 e. The van der Waals surface area contributed by atoms with Gasteiger partial charge < -0.3 is 9.64 Å². The summed E-state index contributed by atoms with van der Waals surface area (Å²) >= 11 is 0. The Morgan fingerprint density at radius 1 is 1.44 bits per heavy atom. The van der Waals surface area contributed by atoms with Crippen LogP contribution < -0.4 is 0 Å². The molecule has 0 radical (unpaired) electrons. The molecule has 0 spiro atoms. The third-order valence-electron chi connectivity index (χ3n) is 2.99. The third kappa shape index (κ3) is 3.09. The highest BCUT2D eigenvalue weighted by Crippen LogP contribution is 2.18. The zero-order chi connectivity index (χ0) is 13.0. The van der Waals surface area contributed by atoms with Crippen LogP contribution >= 0.6 is 0 Å². The van der Waals surface area contributed by atoms with E-state index in [1.54, 1.807) is 0 Å². The zero-order valence-corrected chi connectivity index (χ0v) is 10.1. The van der Waals surface area contributed by atoms with Crippen molar-refractivity contribution in [1.82, 2.24) is 4.90 Å². The van der Waals surface area contributed by atoms with Gasteiger partial charge in [-0.05, 0) is 17.6 Å². The fraction of sp³-hybridized carbons (Fsp3) is 0.357. The van der Waals surface area contributed by atoms with Gasteiger partial charge in [-0.1, -0.05) is 36.9 Å². The van der Waals surface area contributed by atoms with E-state index < -0.39 is 12.3 Å². The quantitative estimate of drug-likeness (QED) is 0.754. The molecule has 1 atom stereocenters. The van der Waals surface area contributed by atoms with Crippen molar-refractivity contribution in [2.24, 2.45) is 0 Å². The van der Waals surface area contributed by atoms with Gasteiger partial charge in [0.05, 0.1) is 6.54 Å². The molecule has 0 saturated carbocycles. The number of amides is 1. The molecule has 1 saturated heterocycles. The van der Waals surface area contributed by atoms with Crippen molar-refractivity contribution < 1.29 is 13.9 Å². The van der Waals surface area contributed by atoms with Crippen LogP contribution in [0, 0.1) is 0 Å². The van der Waals surface area contributed by atoms with Gasteiger partial charge in [-0.3, -0.25) is 0 Å². The standard InChI is InChI=1S/C14H16FNO2/c1-11-7-8-16(9-13(11)15)14(17)18-10-12-5-3-2-4-6-12/h2-6,13H,1,7-10H2. The van der Waals surface area contributed by atoms with Gasteiger partial charge in [0.25, 0.3) is 0 Å². The average molecular weight is 249 g/mol. The molecule has 1 aliphatic heterocycles. The highest BCUT2D eigenvalue weighted by molar-refractivity contribution is 5.68. The number of ether oxygens (including phenoxy) is 1. The van der Waals surface area contributed by atoms with Crippen molar-refractivity contribution in [3.8, 4) is 0 Å². The minimum atomic E-state index is -1.14. The van der Waals surface area contributed by atoms with Crippen molar-refractivity contribution in [3.63, 3.8) is 0 Å². The van der Waals surface area contributed by atoms with Crippen LogP contribution in [0.4, 0.5) is 9.18 Å². The van der Waals surface area contributed by atoms with Crippen LogP contribution in [-0.4, -0.2) is 30.3 Å². The molecule has 0 bridgehead atoms. The first-order valence-corrected chi connectivity index (χ1v) is 5.94. The maximum atomic E-state index is 13.4. The predicted molar refractivity (Wildman–Crippen MR) is 66.9 cm³/mol. The van der Waals surface area contributed by atoms with Crippen molar-refractivity contribution in [3.05, 3.63) is 48.0 Å². The van der Waals surface area contributed by atoms with Crippen LogP contribution in [0.5, 0.6) is 0 Å². The molecular weight excluding hydrogens is 233 g/mol. The number of carbonyl (C=O) groups excluding carboxylic acids is 1. The molecule has 1 heterocycles. The normalized spacial score (nSPS) is 19.7. The Balaban J connectivity index is 1.83. The Kier molecular flexibility index (Phi) is 3.97. The molecule has 2 rings (SSSR count). The fourth-order valence-corrected chi connectivity index (χ4v) is 1.83. The third-order valence-corrected chi connectivity index (χ3v) is 2.99. The number of hydrogen-bond donors (Lipinski definition) is 0. The number of alkyl halides is 1. The van der Waals surface area contributed by atoms with Crippen LogP contribution in [0.15, 0.2) is 42.5 Å². The van der Waals surface area contributed by atoms with Gasteiger partial charge in [-0.25, -0.2) is 9.18 Å². The zero-order valence-electron chi connectivity index (χ0n) is 10.1. The number of benzene rings is 1. The Hall–Kier alpha value is -1.84. The molecule has 1 aliphatic rings. The van der Waals surface area contributed by atoms with E-state index in [9.17, 15) is 9.18 Å². The van der Waals surface area contributed by atoms with E-state index in [1.165, 1.54) is 4.90 Å². The van der Waals surface area contributed by atoms with Crippen LogP contribution in [0.3, 0.4) is 0 Å². The minimum absolute atomic E-state index is 0.0481. The van der Waals surface area contributed by atoms with Gasteiger partial charge in [-0.2, -0.15) is 0 Å². The number of halogens is 1. The van der Waals surface area contributed by atoms with E-state index in [-0.39, 0.29) is 13.2 Å². The lowest BCUT2D eigenvalue weighted by atomic mass is 10.1. The summed E-state index contributed by atoms with van der Waals surface area (Å²) in [7, 11) is 0. The molecular formula is C14H16FNO2. The van der Waals surface area contributed by atoms with Gasteiger partial charge >= 0.3 is 6.09 Å². The summed E-state index contributed by atoms with van der Waals surface area (Å²) in [4.78, 5) is 13.1. The van der Waals surface area contributed by atoms with Gasteiger partial charge in [0, 0.05) is 6.54 Å². The molecule has 0 N–H and O–H groups in total. The van der Waals surface area contributed by atoms with Crippen LogP contribution in [-0.2, 0) is 11.3 Å². The summed E-state index contributed by atoms with van der Waals surface area (Å²) in [5.74, 6) is 0. The number of rotatable bonds is 2. The SMILES string of the molecule is C=C1CCN(C(=O)OCc2ccccc2)CC1F. The summed E-state index contributed by atoms with van der Waals surface area (Å²) in [5, 5.41) is 0. The second-order valence-corrected chi connectivity index (χ2v) is 4.36. The van der Waals surface area contributed by atoms with E-state index in [0.717, 1.165) is 5.56 Å². The Labute approximate surface area is 106 Å². The lowest BCUT2D eigenvalue weighted by molar-refractivity contribution is 0.0823. The second kappa shape index (κ2) is 5.67. The van der Waals surface area contributed by atoms with E-state index in [2.05, 4.69) is 6.58 Å². The van der Waals surface area contributed by atoms with Crippen LogP contribution in [0.2, 0.25) is 0 Å². The molecule has 4 heteroatoms. The van der Waals surface area contributed by atoms with E-state index in [1.807, 2.05) is 30.3 Å². The molecule has 3 nitrogen and oxygen atoms in total. The number of carbonyl (C=O) groups is 1. The first-order valence-electron chi connectivity index (χ1n) is 5.94. The van der Waals surface area contributed by atoms with Gasteiger partial charge in [0.2, 0.25) is 0 Å². The number of hydrogen-bond acceptors (Lipinski definition) is 2. The Morgan fingerprint density at radius 2 is 2.17 bits per heavy atom. The summed E-state index contributed by atoms with van der Waals surface area (Å²) < 4.78 is 18.5. The van der Waals surface area contributed by atoms with Crippen molar-refractivity contribution in [2.45, 2.75) is 19.2 Å². The van der Waals surface area contributed by atoms with Crippen LogP contribution in [0.25, 0.3) is 0 Å². The Morgan fingerprint density at radius 3 is 2.83 bits per heavy atom. The largest absolute Gasteiger partial charge is 0.445 e. The maximum Gasteiger partial charge on any atom is 0.410 e. The first-order chi connectivity index (χ1) is 8.66. The maximum absolute atomic E-state index is 13.4. The predicted octanol–water partition coefficient (Wildman–Crippen LogP) is 2.92. The summed E-state index contributed by atoms with van der Waals surface area (Å²) in [5.41, 5.74) is 1.48. The lowest BCUT2D eigenvalue weighted by Gasteiger charge is -2.29. The highest BCUT2D eigenvalue weighted by atomic mass is 19.1. The first kappa shape index (κ1) is 12.6. The Bertz CT molecular complexity index is 433. The van der Waals surface area contributed by atoms with E-state index >= 15 is 0 Å². The van der Waals surface area contributed by atoms with Crippen molar-refractivity contribution in [1.29, 1.82) is 0 Å². The molecule has 1 aromatic rings. The number of piperidine rings is 1. The summed E-state index contributed by atoms with van der Waals surface area (Å²) in [6.07, 6.45) is -1.10. The minimum Gasteiger partial charge on any atom is -0.445 e. The number of nitrogens with zero attached hydrogens (tertiary/aromatic N) is 1. The van der Waals surface area contributed by atoms with E-state index in [4.69, 9.17) is 4.74 Å². The molecule has 1 fully saturated rings. The summed E-state index contributed by atoms with van der Waals surface area (Å²) in [6, 6.07) is 9.42. The highest BCUT2D eigenvalue weighted by Gasteiger charge is 2.26. The second-order valence-electron chi connectivity index (χ2n) is 4.36. The van der Waals surface area contributed by atoms with Gasteiger partial charge in [-0.15, -0.1) is 0 Å². The average Bonchev–Trinajstić information content (AvgIpc) is 2.40. The molecule has 96 valence electrons. The lowest BCUT2D eigenvalue weighted by Crippen LogP contribution is -2.41. The molecule has 0 aliphatic carbocycles. The molecule has 1 unspecified atom stereocenters. The van der Waals surface area contributed by atoms with Crippen molar-refractivity contribution in [2.75, 3.05) is 13.1 Å². The van der Waals surface area contributed by atoms with Gasteiger partial charge in [0.15, 0.2) is 0 Å². The molecule has 18 heavy (non-hydrogen) atoms. The number of likely N-dealkylation sites (tertiary alicyclic amines) is 1. The van der Waals surface area contributed by atoms with Crippen molar-refractivity contribution >= 4 is 6.09 Å².